The summed E-state index contributed by atoms with van der Waals surface area (Å²) in [6.07, 6.45) is 3.88. The zero-order chi connectivity index (χ0) is 18.4. The molecule has 0 spiro atoms. The molecule has 0 bridgehead atoms. The Bertz CT molecular complexity index is 861. The molecular weight excluding hydrogens is 330 g/mol. The number of nitrogens with zero attached hydrogens (tertiary/aromatic N) is 2. The number of benzene rings is 2. The Morgan fingerprint density at radius 1 is 1.04 bits per heavy atom. The molecule has 0 aliphatic rings. The summed E-state index contributed by atoms with van der Waals surface area (Å²) in [5.41, 5.74) is 7.64. The molecule has 1 atom stereocenters. The summed E-state index contributed by atoms with van der Waals surface area (Å²) in [4.78, 5) is 23.8. The molecule has 3 aromatic rings. The van der Waals surface area contributed by atoms with E-state index in [0.29, 0.717) is 12.1 Å². The third-order valence-corrected chi connectivity index (χ3v) is 3.82. The van der Waals surface area contributed by atoms with Crippen LogP contribution in [0.1, 0.15) is 5.56 Å². The van der Waals surface area contributed by atoms with Crippen molar-refractivity contribution in [2.75, 3.05) is 5.32 Å². The largest absolute Gasteiger partial charge is 0.352 e. The van der Waals surface area contributed by atoms with E-state index >= 15 is 0 Å². The Morgan fingerprint density at radius 2 is 1.77 bits per heavy atom. The molecule has 0 aliphatic carbocycles. The molecule has 26 heavy (non-hydrogen) atoms. The van der Waals surface area contributed by atoms with Gasteiger partial charge in [0.25, 0.3) is 0 Å². The Hall–Kier alpha value is -3.61. The molecule has 0 saturated carbocycles. The number of carbonyl (C=O) groups is 2. The van der Waals surface area contributed by atoms with Crippen molar-refractivity contribution in [2.24, 2.45) is 5.73 Å². The van der Waals surface area contributed by atoms with Gasteiger partial charge in [0.2, 0.25) is 5.91 Å². The lowest BCUT2D eigenvalue weighted by atomic mass is 10.1. The van der Waals surface area contributed by atoms with E-state index in [4.69, 9.17) is 5.73 Å². The molecule has 0 saturated heterocycles. The fourth-order valence-electron chi connectivity index (χ4n) is 2.58. The van der Waals surface area contributed by atoms with Crippen LogP contribution in [0.15, 0.2) is 73.1 Å². The van der Waals surface area contributed by atoms with E-state index in [1.165, 1.54) is 0 Å². The molecule has 1 aromatic heterocycles. The van der Waals surface area contributed by atoms with E-state index < -0.39 is 12.1 Å². The Balaban J connectivity index is 1.69. The maximum absolute atomic E-state index is 12.6. The molecular formula is C19H19N5O2. The van der Waals surface area contributed by atoms with Gasteiger partial charge in [0.15, 0.2) is 0 Å². The third-order valence-electron chi connectivity index (χ3n) is 3.82. The SMILES string of the molecule is NC(=O)NC(Cc1ccccc1)C(=O)Nc1ccc(-n2cccn2)cc1. The summed E-state index contributed by atoms with van der Waals surface area (Å²) in [7, 11) is 0. The number of urea groups is 1. The van der Waals surface area contributed by atoms with E-state index in [1.807, 2.05) is 54.7 Å². The van der Waals surface area contributed by atoms with Gasteiger partial charge in [0.1, 0.15) is 6.04 Å². The van der Waals surface area contributed by atoms with Crippen molar-refractivity contribution in [1.29, 1.82) is 0 Å². The fourth-order valence-corrected chi connectivity index (χ4v) is 2.58. The maximum Gasteiger partial charge on any atom is 0.312 e. The number of amides is 3. The van der Waals surface area contributed by atoms with E-state index in [9.17, 15) is 9.59 Å². The Labute approximate surface area is 150 Å². The number of primary amides is 1. The lowest BCUT2D eigenvalue weighted by molar-refractivity contribution is -0.117. The van der Waals surface area contributed by atoms with Crippen molar-refractivity contribution in [3.05, 3.63) is 78.6 Å². The third kappa shape index (κ3) is 4.47. The van der Waals surface area contributed by atoms with Crippen molar-refractivity contribution in [3.63, 3.8) is 0 Å². The molecule has 7 nitrogen and oxygen atoms in total. The van der Waals surface area contributed by atoms with Crippen LogP contribution >= 0.6 is 0 Å². The van der Waals surface area contributed by atoms with Gasteiger partial charge < -0.3 is 16.4 Å². The van der Waals surface area contributed by atoms with Crippen LogP contribution < -0.4 is 16.4 Å². The first kappa shape index (κ1) is 17.2. The monoisotopic (exact) mass is 349 g/mol. The standard InChI is InChI=1S/C19H19N5O2/c20-19(26)23-17(13-14-5-2-1-3-6-14)18(25)22-15-7-9-16(10-8-15)24-12-4-11-21-24/h1-12,17H,13H2,(H,22,25)(H3,20,23,26). The van der Waals surface area contributed by atoms with Crippen LogP contribution in [-0.2, 0) is 11.2 Å². The molecule has 0 aliphatic heterocycles. The zero-order valence-corrected chi connectivity index (χ0v) is 14.0. The minimum atomic E-state index is -0.763. The molecule has 0 radical (unpaired) electrons. The summed E-state index contributed by atoms with van der Waals surface area (Å²) in [6, 6.07) is 17.0. The van der Waals surface area contributed by atoms with E-state index in [1.54, 1.807) is 23.0 Å². The second kappa shape index (κ2) is 7.98. The molecule has 3 amide bonds. The van der Waals surface area contributed by atoms with Crippen molar-refractivity contribution in [3.8, 4) is 5.69 Å². The van der Waals surface area contributed by atoms with E-state index in [2.05, 4.69) is 15.7 Å². The van der Waals surface area contributed by atoms with Crippen LogP contribution in [0.5, 0.6) is 0 Å². The first-order valence-corrected chi connectivity index (χ1v) is 8.12. The Kier molecular flexibility index (Phi) is 5.28. The summed E-state index contributed by atoms with van der Waals surface area (Å²) >= 11 is 0. The minimum Gasteiger partial charge on any atom is -0.352 e. The maximum atomic E-state index is 12.6. The molecule has 3 rings (SSSR count). The molecule has 0 fully saturated rings. The van der Waals surface area contributed by atoms with Crippen LogP contribution in [0, 0.1) is 0 Å². The quantitative estimate of drug-likeness (QED) is 0.635. The zero-order valence-electron chi connectivity index (χ0n) is 14.0. The highest BCUT2D eigenvalue weighted by molar-refractivity contribution is 5.97. The van der Waals surface area contributed by atoms with Gasteiger partial charge >= 0.3 is 6.03 Å². The number of hydrogen-bond acceptors (Lipinski definition) is 3. The lowest BCUT2D eigenvalue weighted by Gasteiger charge is -2.17. The normalized spacial score (nSPS) is 11.5. The number of hydrogen-bond donors (Lipinski definition) is 3. The highest BCUT2D eigenvalue weighted by Gasteiger charge is 2.20. The Morgan fingerprint density at radius 3 is 2.38 bits per heavy atom. The molecule has 2 aromatic carbocycles. The summed E-state index contributed by atoms with van der Waals surface area (Å²) in [5, 5.41) is 9.45. The molecule has 1 heterocycles. The van der Waals surface area contributed by atoms with Crippen molar-refractivity contribution in [2.45, 2.75) is 12.5 Å². The highest BCUT2D eigenvalue weighted by atomic mass is 16.2. The molecule has 132 valence electrons. The van der Waals surface area contributed by atoms with Gasteiger partial charge in [0, 0.05) is 24.5 Å². The number of rotatable bonds is 6. The number of aromatic nitrogens is 2. The molecule has 1 unspecified atom stereocenters. The van der Waals surface area contributed by atoms with Gasteiger partial charge in [-0.15, -0.1) is 0 Å². The predicted octanol–water partition coefficient (Wildman–Crippen LogP) is 2.09. The van der Waals surface area contributed by atoms with Gasteiger partial charge in [-0.3, -0.25) is 4.79 Å². The first-order valence-electron chi connectivity index (χ1n) is 8.12. The van der Waals surface area contributed by atoms with Crippen LogP contribution in [0.4, 0.5) is 10.5 Å². The second-order valence-corrected chi connectivity index (χ2v) is 5.74. The van der Waals surface area contributed by atoms with E-state index in [-0.39, 0.29) is 5.91 Å². The average Bonchev–Trinajstić information content (AvgIpc) is 3.17. The lowest BCUT2D eigenvalue weighted by Crippen LogP contribution is -2.47. The molecule has 7 heteroatoms. The summed E-state index contributed by atoms with van der Waals surface area (Å²) < 4.78 is 1.72. The summed E-state index contributed by atoms with van der Waals surface area (Å²) in [6.45, 7) is 0. The fraction of sp³-hybridized carbons (Fsp3) is 0.105. The van der Waals surface area contributed by atoms with Crippen molar-refractivity contribution < 1.29 is 9.59 Å². The van der Waals surface area contributed by atoms with Crippen LogP contribution in [0.3, 0.4) is 0 Å². The number of nitrogens with one attached hydrogen (secondary N) is 2. The van der Waals surface area contributed by atoms with Gasteiger partial charge in [-0.1, -0.05) is 30.3 Å². The summed E-state index contributed by atoms with van der Waals surface area (Å²) in [5.74, 6) is -0.334. The smallest absolute Gasteiger partial charge is 0.312 e. The number of carbonyl (C=O) groups excluding carboxylic acids is 2. The number of anilines is 1. The van der Waals surface area contributed by atoms with Crippen LogP contribution in [0.2, 0.25) is 0 Å². The minimum absolute atomic E-state index is 0.334. The number of nitrogens with two attached hydrogens (primary N) is 1. The highest BCUT2D eigenvalue weighted by Crippen LogP contribution is 2.13. The van der Waals surface area contributed by atoms with Gasteiger partial charge in [-0.25, -0.2) is 9.48 Å². The average molecular weight is 349 g/mol. The van der Waals surface area contributed by atoms with Crippen LogP contribution in [0.25, 0.3) is 5.69 Å². The second-order valence-electron chi connectivity index (χ2n) is 5.74. The van der Waals surface area contributed by atoms with Crippen LogP contribution in [-0.4, -0.2) is 27.8 Å². The predicted molar refractivity (Wildman–Crippen MR) is 98.8 cm³/mol. The first-order chi connectivity index (χ1) is 12.6. The van der Waals surface area contributed by atoms with Crippen molar-refractivity contribution >= 4 is 17.6 Å². The molecule has 4 N–H and O–H groups in total. The van der Waals surface area contributed by atoms with E-state index in [0.717, 1.165) is 11.3 Å². The van der Waals surface area contributed by atoms with Gasteiger partial charge in [-0.2, -0.15) is 5.10 Å². The topological polar surface area (TPSA) is 102 Å². The van der Waals surface area contributed by atoms with Crippen molar-refractivity contribution in [1.82, 2.24) is 15.1 Å². The van der Waals surface area contributed by atoms with Gasteiger partial charge in [-0.05, 0) is 35.9 Å². The van der Waals surface area contributed by atoms with Gasteiger partial charge in [0.05, 0.1) is 5.69 Å².